The third-order valence-corrected chi connectivity index (χ3v) is 6.11. The van der Waals surface area contributed by atoms with Crippen LogP contribution in [0.25, 0.3) is 33.2 Å². The number of fused-ring (bicyclic) bond motifs is 2. The lowest BCUT2D eigenvalue weighted by molar-refractivity contribution is 0.102. The molecule has 37 heavy (non-hydrogen) atoms. The predicted octanol–water partition coefficient (Wildman–Crippen LogP) is 3.66. The van der Waals surface area contributed by atoms with Crippen LogP contribution < -0.4 is 16.6 Å². The van der Waals surface area contributed by atoms with Crippen molar-refractivity contribution in [3.8, 4) is 11.4 Å². The number of hydrogen-bond donors (Lipinski definition) is 2. The van der Waals surface area contributed by atoms with E-state index in [2.05, 4.69) is 25.6 Å². The van der Waals surface area contributed by atoms with Gasteiger partial charge in [0, 0.05) is 23.0 Å². The second-order valence-corrected chi connectivity index (χ2v) is 8.52. The molecule has 3 N–H and O–H groups in total. The summed E-state index contributed by atoms with van der Waals surface area (Å²) >= 11 is 0. The molecule has 0 fully saturated rings. The zero-order valence-electron chi connectivity index (χ0n) is 19.7. The molecule has 0 unspecified atom stereocenters. The number of benzene rings is 3. The summed E-state index contributed by atoms with van der Waals surface area (Å²) in [6.07, 6.45) is 3.20. The lowest BCUT2D eigenvalue weighted by Crippen LogP contribution is -2.19. The number of carbonyl (C=O) groups excluding carboxylic acids is 1. The number of anilines is 2. The fourth-order valence-electron chi connectivity index (χ4n) is 4.23. The fraction of sp³-hybridized carbons (Fsp3) is 0.0370. The standard InChI is InChI=1S/C27H20N8O2/c1-16-25(32-33-35(16)21-8-10-23-17(12-21)4-3-11-29-23)26(36)31-19-7-9-24-22(14-19)27(37)34(15-30-24)20-6-2-5-18(28)13-20/h2-15H,28H2,1H3,(H,31,36). The minimum absolute atomic E-state index is 0.176. The van der Waals surface area contributed by atoms with Crippen LogP contribution in [0.2, 0.25) is 0 Å². The SMILES string of the molecule is Cc1c(C(=O)Nc2ccc3ncn(-c4cccc(N)c4)c(=O)c3c2)nnn1-c1ccc2ncccc2c1. The molecule has 0 radical (unpaired) electrons. The maximum Gasteiger partial charge on any atom is 0.278 e. The quantitative estimate of drug-likeness (QED) is 0.362. The zero-order chi connectivity index (χ0) is 25.5. The van der Waals surface area contributed by atoms with Gasteiger partial charge < -0.3 is 11.1 Å². The fourth-order valence-corrected chi connectivity index (χ4v) is 4.23. The highest BCUT2D eigenvalue weighted by Crippen LogP contribution is 2.20. The molecule has 6 rings (SSSR count). The summed E-state index contributed by atoms with van der Waals surface area (Å²) in [6.45, 7) is 1.77. The van der Waals surface area contributed by atoms with Gasteiger partial charge in [-0.3, -0.25) is 19.1 Å². The normalized spacial score (nSPS) is 11.2. The molecule has 0 atom stereocenters. The summed E-state index contributed by atoms with van der Waals surface area (Å²) in [5, 5.41) is 12.4. The van der Waals surface area contributed by atoms with Gasteiger partial charge in [-0.15, -0.1) is 5.10 Å². The number of rotatable bonds is 4. The molecule has 3 heterocycles. The number of pyridine rings is 1. The van der Waals surface area contributed by atoms with E-state index < -0.39 is 5.91 Å². The number of nitrogens with one attached hydrogen (secondary N) is 1. The van der Waals surface area contributed by atoms with Crippen molar-refractivity contribution in [2.75, 3.05) is 11.1 Å². The molecule has 0 aliphatic carbocycles. The Kier molecular flexibility index (Phi) is 5.19. The monoisotopic (exact) mass is 488 g/mol. The van der Waals surface area contributed by atoms with Gasteiger partial charge in [0.2, 0.25) is 0 Å². The Bertz CT molecular complexity index is 1890. The van der Waals surface area contributed by atoms with Gasteiger partial charge in [-0.05, 0) is 67.6 Å². The third-order valence-electron chi connectivity index (χ3n) is 6.11. The van der Waals surface area contributed by atoms with Crippen molar-refractivity contribution >= 4 is 39.1 Å². The van der Waals surface area contributed by atoms with Crippen LogP contribution in [0.5, 0.6) is 0 Å². The number of carbonyl (C=O) groups is 1. The molecular weight excluding hydrogens is 468 g/mol. The van der Waals surface area contributed by atoms with Crippen molar-refractivity contribution in [3.63, 3.8) is 0 Å². The first-order valence-electron chi connectivity index (χ1n) is 11.4. The minimum atomic E-state index is -0.439. The number of nitrogens with two attached hydrogens (primary N) is 1. The van der Waals surface area contributed by atoms with Gasteiger partial charge in [0.25, 0.3) is 11.5 Å². The number of nitrogens with zero attached hydrogens (tertiary/aromatic N) is 6. The van der Waals surface area contributed by atoms with Crippen molar-refractivity contribution in [1.29, 1.82) is 0 Å². The van der Waals surface area contributed by atoms with E-state index in [4.69, 9.17) is 5.73 Å². The summed E-state index contributed by atoms with van der Waals surface area (Å²) in [5.41, 5.74) is 10.1. The summed E-state index contributed by atoms with van der Waals surface area (Å²) in [5.74, 6) is -0.439. The molecule has 3 aromatic carbocycles. The van der Waals surface area contributed by atoms with E-state index in [-0.39, 0.29) is 11.3 Å². The Labute approximate surface area is 210 Å². The summed E-state index contributed by atoms with van der Waals surface area (Å²) in [6, 6.07) is 21.5. The van der Waals surface area contributed by atoms with Crippen LogP contribution in [0.1, 0.15) is 16.2 Å². The molecule has 0 spiro atoms. The predicted molar refractivity (Wildman–Crippen MR) is 141 cm³/mol. The highest BCUT2D eigenvalue weighted by atomic mass is 16.2. The topological polar surface area (TPSA) is 134 Å². The lowest BCUT2D eigenvalue weighted by Gasteiger charge is -2.09. The Morgan fingerprint density at radius 1 is 0.919 bits per heavy atom. The van der Waals surface area contributed by atoms with Crippen molar-refractivity contribution < 1.29 is 4.79 Å². The second kappa shape index (κ2) is 8.68. The van der Waals surface area contributed by atoms with Crippen LogP contribution in [0, 0.1) is 6.92 Å². The molecule has 0 aliphatic heterocycles. The van der Waals surface area contributed by atoms with Crippen LogP contribution >= 0.6 is 0 Å². The first-order valence-corrected chi connectivity index (χ1v) is 11.4. The Morgan fingerprint density at radius 3 is 2.65 bits per heavy atom. The average molecular weight is 489 g/mol. The van der Waals surface area contributed by atoms with E-state index in [0.717, 1.165) is 16.6 Å². The molecule has 3 aromatic heterocycles. The Hall–Kier alpha value is -5.38. The van der Waals surface area contributed by atoms with E-state index in [1.165, 1.54) is 10.9 Å². The highest BCUT2D eigenvalue weighted by molar-refractivity contribution is 6.04. The highest BCUT2D eigenvalue weighted by Gasteiger charge is 2.18. The van der Waals surface area contributed by atoms with Crippen LogP contribution in [0.15, 0.2) is 90.1 Å². The molecule has 0 aliphatic rings. The van der Waals surface area contributed by atoms with Crippen LogP contribution in [-0.4, -0.2) is 35.4 Å². The van der Waals surface area contributed by atoms with Crippen LogP contribution in [-0.2, 0) is 0 Å². The average Bonchev–Trinajstić information content (AvgIpc) is 3.30. The minimum Gasteiger partial charge on any atom is -0.399 e. The maximum atomic E-state index is 13.2. The molecule has 10 nitrogen and oxygen atoms in total. The Morgan fingerprint density at radius 2 is 1.78 bits per heavy atom. The van der Waals surface area contributed by atoms with Gasteiger partial charge in [-0.25, -0.2) is 9.67 Å². The number of nitrogen functional groups attached to an aromatic ring is 1. The molecule has 180 valence electrons. The van der Waals surface area contributed by atoms with E-state index in [0.29, 0.717) is 33.7 Å². The first kappa shape index (κ1) is 22.1. The van der Waals surface area contributed by atoms with Gasteiger partial charge in [-0.2, -0.15) is 0 Å². The zero-order valence-corrected chi connectivity index (χ0v) is 19.7. The molecule has 1 amide bonds. The summed E-state index contributed by atoms with van der Waals surface area (Å²) < 4.78 is 3.02. The Balaban J connectivity index is 1.31. The smallest absolute Gasteiger partial charge is 0.278 e. The maximum absolute atomic E-state index is 13.2. The van der Waals surface area contributed by atoms with Crippen LogP contribution in [0.4, 0.5) is 11.4 Å². The molecular formula is C27H20N8O2. The number of amides is 1. The second-order valence-electron chi connectivity index (χ2n) is 8.52. The van der Waals surface area contributed by atoms with Gasteiger partial charge in [0.15, 0.2) is 5.69 Å². The van der Waals surface area contributed by atoms with Gasteiger partial charge in [0.05, 0.1) is 33.5 Å². The molecule has 10 heteroatoms. The van der Waals surface area contributed by atoms with Crippen LogP contribution in [0.3, 0.4) is 0 Å². The van der Waals surface area contributed by atoms with Crippen molar-refractivity contribution in [3.05, 3.63) is 107 Å². The summed E-state index contributed by atoms with van der Waals surface area (Å²) in [4.78, 5) is 35.0. The van der Waals surface area contributed by atoms with Gasteiger partial charge in [0.1, 0.15) is 6.33 Å². The molecule has 6 aromatic rings. The van der Waals surface area contributed by atoms with E-state index in [9.17, 15) is 9.59 Å². The number of aromatic nitrogens is 6. The first-order chi connectivity index (χ1) is 18.0. The van der Waals surface area contributed by atoms with Gasteiger partial charge >= 0.3 is 0 Å². The largest absolute Gasteiger partial charge is 0.399 e. The molecule has 0 saturated heterocycles. The molecule has 0 bridgehead atoms. The lowest BCUT2D eigenvalue weighted by atomic mass is 10.2. The van der Waals surface area contributed by atoms with Crippen molar-refractivity contribution in [2.45, 2.75) is 6.92 Å². The van der Waals surface area contributed by atoms with Crippen molar-refractivity contribution in [2.24, 2.45) is 0 Å². The van der Waals surface area contributed by atoms with E-state index >= 15 is 0 Å². The van der Waals surface area contributed by atoms with E-state index in [1.54, 1.807) is 60.3 Å². The summed E-state index contributed by atoms with van der Waals surface area (Å²) in [7, 11) is 0. The van der Waals surface area contributed by atoms with Gasteiger partial charge in [-0.1, -0.05) is 17.3 Å². The number of hydrogen-bond acceptors (Lipinski definition) is 7. The molecule has 0 saturated carbocycles. The third kappa shape index (κ3) is 3.96. The van der Waals surface area contributed by atoms with Crippen molar-refractivity contribution in [1.82, 2.24) is 29.5 Å². The van der Waals surface area contributed by atoms with E-state index in [1.807, 2.05) is 30.3 Å².